The molecule has 0 aliphatic heterocycles. The van der Waals surface area contributed by atoms with Crippen LogP contribution in [0.25, 0.3) is 5.69 Å². The summed E-state index contributed by atoms with van der Waals surface area (Å²) in [6.07, 6.45) is 2.23. The molecule has 2 heterocycles. The number of aromatic nitrogens is 4. The zero-order valence-electron chi connectivity index (χ0n) is 12.8. The number of nitrogens with zero attached hydrogens (tertiary/aromatic N) is 3. The van der Waals surface area contributed by atoms with E-state index in [1.165, 1.54) is 12.1 Å². The van der Waals surface area contributed by atoms with E-state index in [0.717, 1.165) is 11.4 Å². The fourth-order valence-electron chi connectivity index (χ4n) is 2.31. The van der Waals surface area contributed by atoms with Crippen LogP contribution in [0.4, 0.5) is 5.69 Å². The second-order valence-electron chi connectivity index (χ2n) is 5.01. The maximum Gasteiger partial charge on any atom is 0.276 e. The lowest BCUT2D eigenvalue weighted by Gasteiger charge is -2.09. The molecule has 0 atom stereocenters. The lowest BCUT2D eigenvalue weighted by molar-refractivity contribution is 0.102. The van der Waals surface area contributed by atoms with E-state index in [0.29, 0.717) is 17.1 Å². The lowest BCUT2D eigenvalue weighted by atomic mass is 10.2. The van der Waals surface area contributed by atoms with Gasteiger partial charge in [0.05, 0.1) is 23.3 Å². The maximum absolute atomic E-state index is 12.2. The van der Waals surface area contributed by atoms with Crippen molar-refractivity contribution in [2.75, 3.05) is 5.32 Å². The number of rotatable bonds is 4. The molecule has 0 saturated heterocycles. The van der Waals surface area contributed by atoms with Crippen LogP contribution in [-0.2, 0) is 6.42 Å². The highest BCUT2D eigenvalue weighted by Crippen LogP contribution is 2.22. The van der Waals surface area contributed by atoms with E-state index in [1.54, 1.807) is 23.0 Å². The molecule has 8 heteroatoms. The molecule has 0 spiro atoms. The topological polar surface area (TPSA) is 92.7 Å². The Morgan fingerprint density at radius 3 is 2.83 bits per heavy atom. The molecular weight excluding hydrogens is 330 g/mol. The Kier molecular flexibility index (Phi) is 4.43. The molecule has 0 saturated carbocycles. The van der Waals surface area contributed by atoms with Crippen molar-refractivity contribution >= 4 is 23.2 Å². The summed E-state index contributed by atoms with van der Waals surface area (Å²) in [5.74, 6) is -0.424. The van der Waals surface area contributed by atoms with E-state index in [2.05, 4.69) is 20.6 Å². The van der Waals surface area contributed by atoms with Gasteiger partial charge in [-0.25, -0.2) is 9.78 Å². The number of H-pyrrole nitrogens is 1. The van der Waals surface area contributed by atoms with Crippen LogP contribution >= 0.6 is 11.6 Å². The first-order valence-corrected chi connectivity index (χ1v) is 7.66. The number of halogens is 1. The van der Waals surface area contributed by atoms with Crippen molar-refractivity contribution in [3.05, 3.63) is 69.4 Å². The predicted molar refractivity (Wildman–Crippen MR) is 90.8 cm³/mol. The minimum Gasteiger partial charge on any atom is -0.318 e. The molecule has 1 amide bonds. The Morgan fingerprint density at radius 1 is 1.33 bits per heavy atom. The van der Waals surface area contributed by atoms with E-state index < -0.39 is 5.91 Å². The third-order valence-electron chi connectivity index (χ3n) is 3.42. The van der Waals surface area contributed by atoms with Gasteiger partial charge in [0.2, 0.25) is 0 Å². The zero-order chi connectivity index (χ0) is 17.1. The van der Waals surface area contributed by atoms with Gasteiger partial charge >= 0.3 is 0 Å². The van der Waals surface area contributed by atoms with Crippen molar-refractivity contribution in [1.29, 1.82) is 0 Å². The van der Waals surface area contributed by atoms with Crippen LogP contribution in [0.2, 0.25) is 5.02 Å². The van der Waals surface area contributed by atoms with Gasteiger partial charge in [-0.15, -0.1) is 0 Å². The number of nitrogens with one attached hydrogen (secondary N) is 2. The van der Waals surface area contributed by atoms with E-state index in [9.17, 15) is 9.59 Å². The summed E-state index contributed by atoms with van der Waals surface area (Å²) in [5, 5.41) is 13.6. The predicted octanol–water partition coefficient (Wildman–Crippen LogP) is 2.42. The molecule has 0 aliphatic rings. The molecule has 24 heavy (non-hydrogen) atoms. The maximum atomic E-state index is 12.2. The molecule has 0 bridgehead atoms. The number of amides is 1. The average molecular weight is 344 g/mol. The van der Waals surface area contributed by atoms with Crippen molar-refractivity contribution in [1.82, 2.24) is 20.0 Å². The zero-order valence-corrected chi connectivity index (χ0v) is 13.5. The Balaban J connectivity index is 1.91. The van der Waals surface area contributed by atoms with E-state index >= 15 is 0 Å². The molecule has 2 N–H and O–H groups in total. The fourth-order valence-corrected chi connectivity index (χ4v) is 2.49. The summed E-state index contributed by atoms with van der Waals surface area (Å²) in [5.41, 5.74) is 1.97. The number of hydrogen-bond acceptors (Lipinski definition) is 4. The smallest absolute Gasteiger partial charge is 0.276 e. The van der Waals surface area contributed by atoms with E-state index in [1.807, 2.05) is 19.1 Å². The molecule has 0 fully saturated rings. The summed E-state index contributed by atoms with van der Waals surface area (Å²) in [7, 11) is 0. The van der Waals surface area contributed by atoms with Crippen LogP contribution in [0.1, 0.15) is 23.1 Å². The highest BCUT2D eigenvalue weighted by Gasteiger charge is 2.15. The SMILES string of the molecule is CCc1c(NC(=O)c2ccc(=O)[nH]n2)cnn1-c1cccc(Cl)c1. The number of benzene rings is 1. The van der Waals surface area contributed by atoms with Gasteiger partial charge in [0.25, 0.3) is 11.5 Å². The van der Waals surface area contributed by atoms with E-state index in [4.69, 9.17) is 11.6 Å². The van der Waals surface area contributed by atoms with Gasteiger partial charge in [-0.3, -0.25) is 9.59 Å². The number of anilines is 1. The third-order valence-corrected chi connectivity index (χ3v) is 3.65. The molecule has 7 nitrogen and oxygen atoms in total. The van der Waals surface area contributed by atoms with E-state index in [-0.39, 0.29) is 11.3 Å². The van der Waals surface area contributed by atoms with Crippen LogP contribution in [0, 0.1) is 0 Å². The molecule has 2 aromatic heterocycles. The monoisotopic (exact) mass is 343 g/mol. The van der Waals surface area contributed by atoms with Crippen molar-refractivity contribution in [3.8, 4) is 5.69 Å². The van der Waals surface area contributed by atoms with Gasteiger partial charge in [-0.2, -0.15) is 10.2 Å². The minimum absolute atomic E-state index is 0.118. The van der Waals surface area contributed by atoms with Gasteiger partial charge in [-0.05, 0) is 30.7 Å². The van der Waals surface area contributed by atoms with Crippen molar-refractivity contribution in [2.24, 2.45) is 0 Å². The largest absolute Gasteiger partial charge is 0.318 e. The molecule has 0 aliphatic carbocycles. The van der Waals surface area contributed by atoms with Gasteiger partial charge in [0.15, 0.2) is 0 Å². The van der Waals surface area contributed by atoms with Crippen LogP contribution in [-0.4, -0.2) is 25.9 Å². The normalized spacial score (nSPS) is 10.6. The number of carbonyl (C=O) groups is 1. The van der Waals surface area contributed by atoms with Crippen LogP contribution in [0.15, 0.2) is 47.4 Å². The van der Waals surface area contributed by atoms with Crippen LogP contribution < -0.4 is 10.9 Å². The van der Waals surface area contributed by atoms with Crippen molar-refractivity contribution in [3.63, 3.8) is 0 Å². The Bertz CT molecular complexity index is 927. The highest BCUT2D eigenvalue weighted by atomic mass is 35.5. The number of hydrogen-bond donors (Lipinski definition) is 2. The quantitative estimate of drug-likeness (QED) is 0.760. The number of aromatic amines is 1. The summed E-state index contributed by atoms with van der Waals surface area (Å²) < 4.78 is 1.72. The molecule has 0 radical (unpaired) electrons. The molecule has 0 unspecified atom stereocenters. The van der Waals surface area contributed by atoms with Gasteiger partial charge < -0.3 is 5.32 Å². The first kappa shape index (κ1) is 15.9. The second-order valence-corrected chi connectivity index (χ2v) is 5.45. The highest BCUT2D eigenvalue weighted by molar-refractivity contribution is 6.30. The average Bonchev–Trinajstić information content (AvgIpc) is 2.98. The molecule has 1 aromatic carbocycles. The van der Waals surface area contributed by atoms with Gasteiger partial charge in [0, 0.05) is 11.1 Å². The first-order valence-electron chi connectivity index (χ1n) is 7.28. The third kappa shape index (κ3) is 3.21. The fraction of sp³-hybridized carbons (Fsp3) is 0.125. The Morgan fingerprint density at radius 2 is 2.17 bits per heavy atom. The molecule has 3 aromatic rings. The summed E-state index contributed by atoms with van der Waals surface area (Å²) in [6, 6.07) is 9.90. The van der Waals surface area contributed by atoms with Gasteiger partial charge in [-0.1, -0.05) is 24.6 Å². The van der Waals surface area contributed by atoms with Crippen molar-refractivity contribution < 1.29 is 4.79 Å². The lowest BCUT2D eigenvalue weighted by Crippen LogP contribution is -2.18. The standard InChI is InChI=1S/C16H14ClN5O2/c1-2-14-13(19-16(24)12-6-7-15(23)21-20-12)9-18-22(14)11-5-3-4-10(17)8-11/h3-9H,2H2,1H3,(H,19,24)(H,21,23). The molecular formula is C16H14ClN5O2. The second kappa shape index (κ2) is 6.67. The minimum atomic E-state index is -0.424. The van der Waals surface area contributed by atoms with Gasteiger partial charge in [0.1, 0.15) is 5.69 Å². The summed E-state index contributed by atoms with van der Waals surface area (Å²) in [6.45, 7) is 1.96. The first-order chi connectivity index (χ1) is 11.6. The molecule has 122 valence electrons. The number of carbonyl (C=O) groups excluding carboxylic acids is 1. The van der Waals surface area contributed by atoms with Crippen LogP contribution in [0.5, 0.6) is 0 Å². The molecule has 3 rings (SSSR count). The Labute approximate surface area is 142 Å². The summed E-state index contributed by atoms with van der Waals surface area (Å²) >= 11 is 6.03. The van der Waals surface area contributed by atoms with Crippen molar-refractivity contribution in [2.45, 2.75) is 13.3 Å². The van der Waals surface area contributed by atoms with Crippen LogP contribution in [0.3, 0.4) is 0 Å². The summed E-state index contributed by atoms with van der Waals surface area (Å²) in [4.78, 5) is 23.3. The Hall–Kier alpha value is -2.93.